The highest BCUT2D eigenvalue weighted by molar-refractivity contribution is 7.91. The Morgan fingerprint density at radius 2 is 2.00 bits per heavy atom. The molecule has 5 heteroatoms. The molecule has 104 valence electrons. The Bertz CT molecular complexity index is 418. The van der Waals surface area contributed by atoms with Crippen LogP contribution >= 0.6 is 0 Å². The molecular weight excluding hydrogens is 250 g/mol. The van der Waals surface area contributed by atoms with E-state index in [1.807, 2.05) is 6.92 Å². The van der Waals surface area contributed by atoms with E-state index in [2.05, 4.69) is 4.90 Å². The summed E-state index contributed by atoms with van der Waals surface area (Å²) in [6, 6.07) is 0.356. The van der Waals surface area contributed by atoms with Gasteiger partial charge in [-0.1, -0.05) is 13.3 Å². The first-order valence-corrected chi connectivity index (χ1v) is 8.79. The summed E-state index contributed by atoms with van der Waals surface area (Å²) in [5, 5.41) is -0.177. The maximum atomic E-state index is 11.7. The summed E-state index contributed by atoms with van der Waals surface area (Å²) >= 11 is 0. The fraction of sp³-hybridized carbons (Fsp3) is 0.923. The molecule has 0 aromatic heterocycles. The van der Waals surface area contributed by atoms with Crippen molar-refractivity contribution in [3.63, 3.8) is 0 Å². The average Bonchev–Trinajstić information content (AvgIpc) is 2.32. The van der Waals surface area contributed by atoms with E-state index < -0.39 is 9.84 Å². The van der Waals surface area contributed by atoms with Gasteiger partial charge in [-0.15, -0.1) is 0 Å². The Labute approximate surface area is 110 Å². The van der Waals surface area contributed by atoms with Crippen LogP contribution in [0.2, 0.25) is 0 Å². The number of Topliss-reactive ketones (excluding diaryl/α,β-unsaturated/α-hetero) is 1. The predicted molar refractivity (Wildman–Crippen MR) is 71.2 cm³/mol. The smallest absolute Gasteiger partial charge is 0.150 e. The van der Waals surface area contributed by atoms with Crippen LogP contribution in [0.1, 0.15) is 39.0 Å². The van der Waals surface area contributed by atoms with Crippen molar-refractivity contribution in [2.24, 2.45) is 5.92 Å². The van der Waals surface area contributed by atoms with Crippen molar-refractivity contribution in [2.45, 2.75) is 50.3 Å². The molecule has 0 bridgehead atoms. The van der Waals surface area contributed by atoms with Crippen LogP contribution in [0.3, 0.4) is 0 Å². The number of likely N-dealkylation sites (tertiary alicyclic amines) is 1. The van der Waals surface area contributed by atoms with Gasteiger partial charge in [0.25, 0.3) is 0 Å². The van der Waals surface area contributed by atoms with E-state index in [0.717, 1.165) is 38.8 Å². The lowest BCUT2D eigenvalue weighted by Gasteiger charge is -2.40. The minimum absolute atomic E-state index is 0.109. The molecule has 2 fully saturated rings. The summed E-state index contributed by atoms with van der Waals surface area (Å²) in [5.41, 5.74) is 0. The molecule has 3 atom stereocenters. The average molecular weight is 273 g/mol. The largest absolute Gasteiger partial charge is 0.299 e. The van der Waals surface area contributed by atoms with Gasteiger partial charge in [0.05, 0.1) is 5.25 Å². The summed E-state index contributed by atoms with van der Waals surface area (Å²) in [7, 11) is -2.92. The third-order valence-corrected chi connectivity index (χ3v) is 6.06. The monoisotopic (exact) mass is 273 g/mol. The molecule has 0 aromatic carbocycles. The van der Waals surface area contributed by atoms with Crippen LogP contribution in [0.15, 0.2) is 0 Å². The van der Waals surface area contributed by atoms with Gasteiger partial charge in [0.1, 0.15) is 15.6 Å². The first-order chi connectivity index (χ1) is 8.38. The number of rotatable bonds is 2. The number of ketones is 1. The second-order valence-corrected chi connectivity index (χ2v) is 8.21. The van der Waals surface area contributed by atoms with Crippen LogP contribution in [-0.4, -0.2) is 49.7 Å². The molecule has 0 aromatic rings. The van der Waals surface area contributed by atoms with Gasteiger partial charge in [0.2, 0.25) is 0 Å². The van der Waals surface area contributed by atoms with Crippen LogP contribution in [0.25, 0.3) is 0 Å². The van der Waals surface area contributed by atoms with Crippen molar-refractivity contribution in [3.05, 3.63) is 0 Å². The van der Waals surface area contributed by atoms with Crippen molar-refractivity contribution < 1.29 is 13.2 Å². The maximum absolute atomic E-state index is 11.7. The Balaban J connectivity index is 1.99. The highest BCUT2D eigenvalue weighted by Crippen LogP contribution is 2.29. The molecule has 0 N–H and O–H groups in total. The SMILES string of the molecule is CC1CN(C2CCCC(S(C)(=O)=O)C2)CCC1=O. The molecule has 1 aliphatic carbocycles. The third-order valence-electron chi connectivity index (χ3n) is 4.42. The number of hydrogen-bond donors (Lipinski definition) is 0. The zero-order valence-corrected chi connectivity index (χ0v) is 12.1. The molecule has 0 spiro atoms. The fourth-order valence-corrected chi connectivity index (χ4v) is 4.38. The molecule has 18 heavy (non-hydrogen) atoms. The Kier molecular flexibility index (Phi) is 4.11. The van der Waals surface area contributed by atoms with Gasteiger partial charge in [0.15, 0.2) is 0 Å². The highest BCUT2D eigenvalue weighted by Gasteiger charge is 2.34. The molecular formula is C13H23NO3S. The molecule has 0 radical (unpaired) electrons. The number of piperidine rings is 1. The summed E-state index contributed by atoms with van der Waals surface area (Å²) in [6.07, 6.45) is 5.59. The first kappa shape index (κ1) is 14.0. The summed E-state index contributed by atoms with van der Waals surface area (Å²) in [6.45, 7) is 3.59. The van der Waals surface area contributed by atoms with Crippen LogP contribution in [0, 0.1) is 5.92 Å². The van der Waals surface area contributed by atoms with Gasteiger partial charge >= 0.3 is 0 Å². The number of carbonyl (C=O) groups excluding carboxylic acids is 1. The van der Waals surface area contributed by atoms with Crippen LogP contribution < -0.4 is 0 Å². The van der Waals surface area contributed by atoms with Crippen molar-refractivity contribution in [1.29, 1.82) is 0 Å². The number of nitrogens with zero attached hydrogens (tertiary/aromatic N) is 1. The van der Waals surface area contributed by atoms with Gasteiger partial charge in [0, 0.05) is 37.7 Å². The topological polar surface area (TPSA) is 54.5 Å². The van der Waals surface area contributed by atoms with Crippen LogP contribution in [0.5, 0.6) is 0 Å². The molecule has 1 saturated carbocycles. The van der Waals surface area contributed by atoms with Gasteiger partial charge in [-0.2, -0.15) is 0 Å². The van der Waals surface area contributed by atoms with Gasteiger partial charge in [-0.3, -0.25) is 9.69 Å². The van der Waals surface area contributed by atoms with Gasteiger partial charge in [-0.05, 0) is 19.3 Å². The third kappa shape index (κ3) is 3.12. The number of carbonyl (C=O) groups is 1. The van der Waals surface area contributed by atoms with E-state index in [9.17, 15) is 13.2 Å². The minimum Gasteiger partial charge on any atom is -0.299 e. The molecule has 0 amide bonds. The van der Waals surface area contributed by atoms with E-state index in [0.29, 0.717) is 18.2 Å². The first-order valence-electron chi connectivity index (χ1n) is 6.83. The zero-order chi connectivity index (χ0) is 13.3. The van der Waals surface area contributed by atoms with Crippen molar-refractivity contribution in [2.75, 3.05) is 19.3 Å². The van der Waals surface area contributed by atoms with Crippen LogP contribution in [-0.2, 0) is 14.6 Å². The lowest BCUT2D eigenvalue weighted by atomic mass is 9.90. The van der Waals surface area contributed by atoms with Crippen molar-refractivity contribution in [1.82, 2.24) is 4.90 Å². The molecule has 1 heterocycles. The van der Waals surface area contributed by atoms with Gasteiger partial charge < -0.3 is 0 Å². The predicted octanol–water partition coefficient (Wildman–Crippen LogP) is 1.25. The number of sulfone groups is 1. The van der Waals surface area contributed by atoms with Crippen LogP contribution in [0.4, 0.5) is 0 Å². The second kappa shape index (κ2) is 5.29. The zero-order valence-electron chi connectivity index (χ0n) is 11.3. The van der Waals surface area contributed by atoms with Crippen molar-refractivity contribution >= 4 is 15.6 Å². The molecule has 1 saturated heterocycles. The van der Waals surface area contributed by atoms with E-state index in [1.165, 1.54) is 6.26 Å². The molecule has 2 aliphatic rings. The van der Waals surface area contributed by atoms with E-state index in [1.54, 1.807) is 0 Å². The van der Waals surface area contributed by atoms with Crippen molar-refractivity contribution in [3.8, 4) is 0 Å². The van der Waals surface area contributed by atoms with E-state index in [-0.39, 0.29) is 11.2 Å². The Morgan fingerprint density at radius 3 is 2.61 bits per heavy atom. The normalized spacial score (nSPS) is 35.7. The Morgan fingerprint density at radius 1 is 1.28 bits per heavy atom. The lowest BCUT2D eigenvalue weighted by Crippen LogP contribution is -2.48. The summed E-state index contributed by atoms with van der Waals surface area (Å²) < 4.78 is 23.3. The minimum atomic E-state index is -2.92. The number of hydrogen-bond acceptors (Lipinski definition) is 4. The quantitative estimate of drug-likeness (QED) is 0.760. The van der Waals surface area contributed by atoms with Gasteiger partial charge in [-0.25, -0.2) is 8.42 Å². The summed E-state index contributed by atoms with van der Waals surface area (Å²) in [5.74, 6) is 0.457. The van der Waals surface area contributed by atoms with E-state index >= 15 is 0 Å². The fourth-order valence-electron chi connectivity index (χ4n) is 3.22. The summed E-state index contributed by atoms with van der Waals surface area (Å²) in [4.78, 5) is 13.9. The molecule has 2 rings (SSSR count). The standard InChI is InChI=1S/C13H23NO3S/c1-10-9-14(7-6-13(10)15)11-4-3-5-12(8-11)18(2,16)17/h10-12H,3-9H2,1-2H3. The second-order valence-electron chi connectivity index (χ2n) is 5.88. The highest BCUT2D eigenvalue weighted by atomic mass is 32.2. The molecule has 4 nitrogen and oxygen atoms in total. The maximum Gasteiger partial charge on any atom is 0.150 e. The Hall–Kier alpha value is -0.420. The van der Waals surface area contributed by atoms with E-state index in [4.69, 9.17) is 0 Å². The molecule has 1 aliphatic heterocycles. The lowest BCUT2D eigenvalue weighted by molar-refractivity contribution is -0.126. The molecule has 3 unspecified atom stereocenters.